The summed E-state index contributed by atoms with van der Waals surface area (Å²) >= 11 is 11.1. The molecule has 1 aromatic rings. The van der Waals surface area contributed by atoms with Crippen LogP contribution in [0.3, 0.4) is 0 Å². The first-order chi connectivity index (χ1) is 7.21. The summed E-state index contributed by atoms with van der Waals surface area (Å²) in [6, 6.07) is 0. The van der Waals surface area contributed by atoms with Gasteiger partial charge in [0.25, 0.3) is 10.1 Å². The Morgan fingerprint density at radius 2 is 1.69 bits per heavy atom. The van der Waals surface area contributed by atoms with Crippen LogP contribution in [0.15, 0.2) is 0 Å². The van der Waals surface area contributed by atoms with E-state index in [2.05, 4.69) is 15.0 Å². The van der Waals surface area contributed by atoms with Gasteiger partial charge in [-0.3, -0.25) is 4.55 Å². The highest BCUT2D eigenvalue weighted by molar-refractivity contribution is 7.86. The number of halogens is 2. The Bertz CT molecular complexity index is 474. The molecule has 1 unspecified atom stereocenters. The van der Waals surface area contributed by atoms with E-state index in [0.717, 1.165) is 4.90 Å². The maximum atomic E-state index is 10.9. The number of hydrogen-bond donors (Lipinski definition) is 1. The first-order valence-corrected chi connectivity index (χ1v) is 6.24. The van der Waals surface area contributed by atoms with E-state index in [1.807, 2.05) is 0 Å². The Kier molecular flexibility index (Phi) is 3.89. The second-order valence-electron chi connectivity index (χ2n) is 2.90. The second kappa shape index (κ2) is 4.66. The van der Waals surface area contributed by atoms with Crippen molar-refractivity contribution in [2.45, 2.75) is 12.3 Å². The van der Waals surface area contributed by atoms with Gasteiger partial charge in [0.15, 0.2) is 5.37 Å². The third-order valence-corrected chi connectivity index (χ3v) is 3.38. The fraction of sp³-hybridized carbons (Fsp3) is 0.500. The summed E-state index contributed by atoms with van der Waals surface area (Å²) in [7, 11) is -2.86. The minimum Gasteiger partial charge on any atom is -0.325 e. The first kappa shape index (κ1) is 13.4. The van der Waals surface area contributed by atoms with Crippen molar-refractivity contribution in [1.29, 1.82) is 0 Å². The maximum Gasteiger partial charge on any atom is 0.286 e. The van der Waals surface area contributed by atoms with Gasteiger partial charge in [-0.05, 0) is 30.1 Å². The van der Waals surface area contributed by atoms with E-state index < -0.39 is 15.5 Å². The molecule has 0 radical (unpaired) electrons. The van der Waals surface area contributed by atoms with Crippen LogP contribution in [0.5, 0.6) is 0 Å². The summed E-state index contributed by atoms with van der Waals surface area (Å²) in [5, 5.41) is -1.55. The van der Waals surface area contributed by atoms with Crippen LogP contribution >= 0.6 is 23.2 Å². The van der Waals surface area contributed by atoms with Crippen molar-refractivity contribution in [2.75, 3.05) is 11.9 Å². The molecular formula is C6H8Cl2N4O3S. The van der Waals surface area contributed by atoms with Gasteiger partial charge in [0.05, 0.1) is 0 Å². The Morgan fingerprint density at radius 1 is 1.25 bits per heavy atom. The van der Waals surface area contributed by atoms with Gasteiger partial charge in [0.2, 0.25) is 16.5 Å². The zero-order valence-electron chi connectivity index (χ0n) is 8.29. The number of nitrogens with zero attached hydrogens (tertiary/aromatic N) is 4. The Morgan fingerprint density at radius 3 is 2.06 bits per heavy atom. The zero-order chi connectivity index (χ0) is 12.5. The molecule has 0 saturated heterocycles. The number of anilines is 1. The van der Waals surface area contributed by atoms with Crippen LogP contribution in [-0.2, 0) is 10.1 Å². The van der Waals surface area contributed by atoms with Gasteiger partial charge in [-0.2, -0.15) is 23.4 Å². The molecule has 0 fully saturated rings. The van der Waals surface area contributed by atoms with Crippen LogP contribution < -0.4 is 4.90 Å². The summed E-state index contributed by atoms with van der Waals surface area (Å²) in [5.74, 6) is -0.0462. The SMILES string of the molecule is CC(N(C)c1nc(Cl)nc(Cl)n1)S(=O)(=O)O. The molecule has 1 aromatic heterocycles. The molecule has 0 bridgehead atoms. The van der Waals surface area contributed by atoms with Crippen LogP contribution in [0.25, 0.3) is 0 Å². The molecule has 0 spiro atoms. The van der Waals surface area contributed by atoms with E-state index in [1.165, 1.54) is 14.0 Å². The summed E-state index contributed by atoms with van der Waals surface area (Å²) in [4.78, 5) is 12.0. The largest absolute Gasteiger partial charge is 0.325 e. The molecule has 1 heterocycles. The minimum atomic E-state index is -4.24. The van der Waals surface area contributed by atoms with Crippen molar-refractivity contribution in [3.05, 3.63) is 10.6 Å². The maximum absolute atomic E-state index is 10.9. The van der Waals surface area contributed by atoms with Crippen molar-refractivity contribution in [1.82, 2.24) is 15.0 Å². The zero-order valence-corrected chi connectivity index (χ0v) is 10.6. The highest BCUT2D eigenvalue weighted by atomic mass is 35.5. The lowest BCUT2D eigenvalue weighted by Crippen LogP contribution is -2.36. The van der Waals surface area contributed by atoms with Crippen LogP contribution in [-0.4, -0.2) is 40.3 Å². The normalized spacial score (nSPS) is 13.6. The number of rotatable bonds is 3. The quantitative estimate of drug-likeness (QED) is 0.823. The van der Waals surface area contributed by atoms with Crippen molar-refractivity contribution >= 4 is 39.3 Å². The van der Waals surface area contributed by atoms with Gasteiger partial charge in [-0.15, -0.1) is 0 Å². The molecule has 0 aliphatic rings. The van der Waals surface area contributed by atoms with E-state index in [4.69, 9.17) is 27.8 Å². The van der Waals surface area contributed by atoms with Gasteiger partial charge >= 0.3 is 0 Å². The topological polar surface area (TPSA) is 96.3 Å². The van der Waals surface area contributed by atoms with E-state index in [-0.39, 0.29) is 16.5 Å². The second-order valence-corrected chi connectivity index (χ2v) is 5.29. The van der Waals surface area contributed by atoms with Crippen molar-refractivity contribution in [3.63, 3.8) is 0 Å². The summed E-state index contributed by atoms with van der Waals surface area (Å²) in [5.41, 5.74) is 0. The lowest BCUT2D eigenvalue weighted by atomic mass is 10.6. The Hall–Kier alpha value is -0.700. The van der Waals surface area contributed by atoms with Crippen molar-refractivity contribution in [2.24, 2.45) is 0 Å². The fourth-order valence-corrected chi connectivity index (χ4v) is 1.68. The van der Waals surface area contributed by atoms with E-state index in [1.54, 1.807) is 0 Å². The molecule has 0 saturated carbocycles. The van der Waals surface area contributed by atoms with Gasteiger partial charge in [0.1, 0.15) is 0 Å². The third-order valence-electron chi connectivity index (χ3n) is 1.86. The average Bonchev–Trinajstić information content (AvgIpc) is 2.12. The average molecular weight is 287 g/mol. The molecule has 1 rings (SSSR count). The number of hydrogen-bond acceptors (Lipinski definition) is 6. The first-order valence-electron chi connectivity index (χ1n) is 3.98. The van der Waals surface area contributed by atoms with E-state index in [9.17, 15) is 8.42 Å². The molecule has 1 N–H and O–H groups in total. The lowest BCUT2D eigenvalue weighted by Gasteiger charge is -2.21. The van der Waals surface area contributed by atoms with E-state index in [0.29, 0.717) is 0 Å². The lowest BCUT2D eigenvalue weighted by molar-refractivity contribution is 0.468. The van der Waals surface area contributed by atoms with Gasteiger partial charge < -0.3 is 4.90 Å². The molecule has 1 atom stereocenters. The van der Waals surface area contributed by atoms with Gasteiger partial charge in [0, 0.05) is 7.05 Å². The molecule has 0 aromatic carbocycles. The summed E-state index contributed by atoms with van der Waals surface area (Å²) in [6.07, 6.45) is 0. The fourth-order valence-electron chi connectivity index (χ4n) is 0.836. The van der Waals surface area contributed by atoms with E-state index >= 15 is 0 Å². The predicted octanol–water partition coefficient (Wildman–Crippen LogP) is 0.848. The number of aromatic nitrogens is 3. The van der Waals surface area contributed by atoms with Gasteiger partial charge in [-0.25, -0.2) is 0 Å². The standard InChI is InChI=1S/C6H8Cl2N4O3S/c1-3(16(13,14)15)12(2)6-10-4(7)9-5(8)11-6/h3H,1-2H3,(H,13,14,15). The highest BCUT2D eigenvalue weighted by Crippen LogP contribution is 2.16. The monoisotopic (exact) mass is 286 g/mol. The molecule has 0 amide bonds. The molecule has 7 nitrogen and oxygen atoms in total. The predicted molar refractivity (Wildman–Crippen MR) is 59.3 cm³/mol. The molecule has 16 heavy (non-hydrogen) atoms. The molecule has 0 aliphatic heterocycles. The molecule has 10 heteroatoms. The summed E-state index contributed by atoms with van der Waals surface area (Å²) in [6.45, 7) is 1.26. The van der Waals surface area contributed by atoms with Gasteiger partial charge in [-0.1, -0.05) is 0 Å². The van der Waals surface area contributed by atoms with Crippen molar-refractivity contribution in [3.8, 4) is 0 Å². The minimum absolute atomic E-state index is 0.0462. The van der Waals surface area contributed by atoms with Crippen molar-refractivity contribution < 1.29 is 13.0 Å². The van der Waals surface area contributed by atoms with Crippen LogP contribution in [0.1, 0.15) is 6.92 Å². The van der Waals surface area contributed by atoms with Crippen LogP contribution in [0.4, 0.5) is 5.95 Å². The molecule has 0 aliphatic carbocycles. The Balaban J connectivity index is 3.10. The summed E-state index contributed by atoms with van der Waals surface area (Å²) < 4.78 is 30.6. The van der Waals surface area contributed by atoms with Crippen LogP contribution in [0.2, 0.25) is 10.6 Å². The van der Waals surface area contributed by atoms with Crippen LogP contribution in [0, 0.1) is 0 Å². The third kappa shape index (κ3) is 3.14. The molecule has 90 valence electrons. The smallest absolute Gasteiger partial charge is 0.286 e. The Labute approximate surface area is 102 Å². The molecular weight excluding hydrogens is 279 g/mol. The highest BCUT2D eigenvalue weighted by Gasteiger charge is 2.24.